The number of esters is 3. The summed E-state index contributed by atoms with van der Waals surface area (Å²) >= 11 is 3.24. The van der Waals surface area contributed by atoms with E-state index in [2.05, 4.69) is 21.2 Å². The molecule has 0 unspecified atom stereocenters. The number of rotatable bonds is 7. The molecule has 0 bridgehead atoms. The lowest BCUT2D eigenvalue weighted by molar-refractivity contribution is -0.168. The maximum atomic E-state index is 11.3. The van der Waals surface area contributed by atoms with Crippen molar-refractivity contribution in [2.45, 2.75) is 39.0 Å². The number of carbonyl (C=O) groups is 3. The predicted molar refractivity (Wildman–Crippen MR) is 82.5 cm³/mol. The molecule has 0 aliphatic carbocycles. The first kappa shape index (κ1) is 19.3. The summed E-state index contributed by atoms with van der Waals surface area (Å²) in [4.78, 5) is 33.6. The molecule has 1 N–H and O–H groups in total. The predicted octanol–water partition coefficient (Wildman–Crippen LogP) is 0.638. The molecule has 0 saturated carbocycles. The molecular weight excluding hydrogens is 374 g/mol. The van der Waals surface area contributed by atoms with Crippen molar-refractivity contribution in [3.05, 3.63) is 12.0 Å². The monoisotopic (exact) mass is 393 g/mol. The molecule has 0 aromatic rings. The maximum absolute atomic E-state index is 11.3. The fourth-order valence-corrected chi connectivity index (χ4v) is 2.16. The van der Waals surface area contributed by atoms with E-state index in [1.54, 1.807) is 0 Å². The molecule has 23 heavy (non-hydrogen) atoms. The Balaban J connectivity index is 2.97. The summed E-state index contributed by atoms with van der Waals surface area (Å²) in [6, 6.07) is -0.609. The van der Waals surface area contributed by atoms with Crippen LogP contribution in [0.2, 0.25) is 0 Å². The first-order chi connectivity index (χ1) is 10.8. The van der Waals surface area contributed by atoms with Crippen LogP contribution in [0, 0.1) is 0 Å². The molecule has 0 fully saturated rings. The third kappa shape index (κ3) is 6.89. The van der Waals surface area contributed by atoms with Crippen molar-refractivity contribution in [3.8, 4) is 0 Å². The molecule has 3 atom stereocenters. The summed E-state index contributed by atoms with van der Waals surface area (Å²) in [6.07, 6.45) is -0.169. The van der Waals surface area contributed by atoms with Crippen LogP contribution in [0.3, 0.4) is 0 Å². The van der Waals surface area contributed by atoms with Gasteiger partial charge in [-0.1, -0.05) is 15.9 Å². The molecule has 130 valence electrons. The molecule has 0 saturated heterocycles. The lowest BCUT2D eigenvalue weighted by Crippen LogP contribution is -2.55. The second-order valence-corrected chi connectivity index (χ2v) is 5.56. The van der Waals surface area contributed by atoms with Crippen LogP contribution in [-0.4, -0.2) is 54.7 Å². The zero-order chi connectivity index (χ0) is 17.4. The minimum Gasteiger partial charge on any atom is -0.478 e. The van der Waals surface area contributed by atoms with E-state index in [-0.39, 0.29) is 6.61 Å². The van der Waals surface area contributed by atoms with E-state index in [4.69, 9.17) is 18.9 Å². The van der Waals surface area contributed by atoms with Crippen LogP contribution in [0.4, 0.5) is 0 Å². The van der Waals surface area contributed by atoms with Gasteiger partial charge < -0.3 is 24.3 Å². The van der Waals surface area contributed by atoms with Crippen LogP contribution in [0.15, 0.2) is 12.0 Å². The molecule has 0 amide bonds. The van der Waals surface area contributed by atoms with Gasteiger partial charge in [0.1, 0.15) is 12.6 Å². The third-order valence-corrected chi connectivity index (χ3v) is 3.09. The summed E-state index contributed by atoms with van der Waals surface area (Å²) in [6.45, 7) is 4.07. The van der Waals surface area contributed by atoms with Crippen LogP contribution in [0.25, 0.3) is 0 Å². The molecule has 9 heteroatoms. The van der Waals surface area contributed by atoms with Crippen molar-refractivity contribution in [3.63, 3.8) is 0 Å². The summed E-state index contributed by atoms with van der Waals surface area (Å²) < 4.78 is 20.8. The van der Waals surface area contributed by atoms with Gasteiger partial charge in [0, 0.05) is 32.2 Å². The SMILES string of the molecule is CC(=O)OC[C@H]1NC(OCCBr)=C[C@@H](OC(C)=O)[C@H]1OC(C)=O. The first-order valence-corrected chi connectivity index (χ1v) is 8.10. The molecule has 1 heterocycles. The maximum Gasteiger partial charge on any atom is 0.303 e. The normalized spacial score (nSPS) is 23.1. The Morgan fingerprint density at radius 2 is 1.78 bits per heavy atom. The summed E-state index contributed by atoms with van der Waals surface area (Å²) in [5.74, 6) is -1.19. The van der Waals surface area contributed by atoms with E-state index in [0.29, 0.717) is 17.8 Å². The van der Waals surface area contributed by atoms with Gasteiger partial charge in [0.25, 0.3) is 0 Å². The summed E-state index contributed by atoms with van der Waals surface area (Å²) in [5.41, 5.74) is 0. The van der Waals surface area contributed by atoms with E-state index in [0.717, 1.165) is 0 Å². The van der Waals surface area contributed by atoms with E-state index < -0.39 is 36.2 Å². The van der Waals surface area contributed by atoms with Crippen molar-refractivity contribution in [2.75, 3.05) is 18.5 Å². The van der Waals surface area contributed by atoms with Crippen molar-refractivity contribution >= 4 is 33.8 Å². The number of hydrogen-bond donors (Lipinski definition) is 1. The standard InChI is InChI=1S/C14H20BrNO7/c1-8(17)21-7-11-14(23-10(3)19)12(22-9(2)18)6-13(16-11)20-5-4-15/h6,11-12,14,16H,4-5,7H2,1-3H3/t11-,12-,14+/m1/s1. The van der Waals surface area contributed by atoms with Gasteiger partial charge in [-0.15, -0.1) is 0 Å². The molecule has 0 aromatic heterocycles. The third-order valence-electron chi connectivity index (χ3n) is 2.77. The topological polar surface area (TPSA) is 100 Å². The minimum absolute atomic E-state index is 0.0694. The average Bonchev–Trinajstić information content (AvgIpc) is 2.44. The van der Waals surface area contributed by atoms with Gasteiger partial charge in [-0.3, -0.25) is 14.4 Å². The van der Waals surface area contributed by atoms with E-state index >= 15 is 0 Å². The van der Waals surface area contributed by atoms with Crippen molar-refractivity contribution < 1.29 is 33.3 Å². The summed E-state index contributed by atoms with van der Waals surface area (Å²) in [5, 5.41) is 3.58. The van der Waals surface area contributed by atoms with E-state index in [1.807, 2.05) is 0 Å². The Morgan fingerprint density at radius 3 is 2.30 bits per heavy atom. The molecule has 1 rings (SSSR count). The highest BCUT2D eigenvalue weighted by Crippen LogP contribution is 2.20. The van der Waals surface area contributed by atoms with Crippen LogP contribution < -0.4 is 5.32 Å². The zero-order valence-electron chi connectivity index (χ0n) is 13.2. The Kier molecular flexibility index (Phi) is 7.87. The Labute approximate surface area is 142 Å². The van der Waals surface area contributed by atoms with Gasteiger partial charge >= 0.3 is 17.9 Å². The zero-order valence-corrected chi connectivity index (χ0v) is 14.8. The number of alkyl halides is 1. The number of ether oxygens (including phenoxy) is 4. The largest absolute Gasteiger partial charge is 0.478 e. The smallest absolute Gasteiger partial charge is 0.303 e. The molecule has 1 aliphatic rings. The second kappa shape index (κ2) is 9.39. The molecule has 1 aliphatic heterocycles. The highest BCUT2D eigenvalue weighted by atomic mass is 79.9. The number of halogens is 1. The number of carbonyl (C=O) groups excluding carboxylic acids is 3. The van der Waals surface area contributed by atoms with Crippen molar-refractivity contribution in [1.29, 1.82) is 0 Å². The Bertz CT molecular complexity index is 480. The fraction of sp³-hybridized carbons (Fsp3) is 0.643. The lowest BCUT2D eigenvalue weighted by atomic mass is 10.0. The average molecular weight is 394 g/mol. The van der Waals surface area contributed by atoms with Crippen molar-refractivity contribution in [1.82, 2.24) is 5.32 Å². The number of hydrogen-bond acceptors (Lipinski definition) is 8. The van der Waals surface area contributed by atoms with Crippen molar-refractivity contribution in [2.24, 2.45) is 0 Å². The Hall–Kier alpha value is -1.77. The molecular formula is C14H20BrNO7. The van der Waals surface area contributed by atoms with Gasteiger partial charge in [-0.05, 0) is 0 Å². The van der Waals surface area contributed by atoms with Gasteiger partial charge in [0.2, 0.25) is 0 Å². The summed E-state index contributed by atoms with van der Waals surface area (Å²) in [7, 11) is 0. The molecule has 0 spiro atoms. The van der Waals surface area contributed by atoms with Gasteiger partial charge in [0.05, 0.1) is 6.61 Å². The van der Waals surface area contributed by atoms with Crippen LogP contribution >= 0.6 is 15.9 Å². The minimum atomic E-state index is -0.844. The Morgan fingerprint density at radius 1 is 1.13 bits per heavy atom. The highest BCUT2D eigenvalue weighted by Gasteiger charge is 2.39. The van der Waals surface area contributed by atoms with E-state index in [9.17, 15) is 14.4 Å². The van der Waals surface area contributed by atoms with Crippen LogP contribution in [0.1, 0.15) is 20.8 Å². The first-order valence-electron chi connectivity index (χ1n) is 6.98. The lowest BCUT2D eigenvalue weighted by Gasteiger charge is -2.36. The van der Waals surface area contributed by atoms with E-state index in [1.165, 1.54) is 26.8 Å². The fourth-order valence-electron chi connectivity index (χ4n) is 2.00. The number of nitrogens with one attached hydrogen (secondary N) is 1. The van der Waals surface area contributed by atoms with Crippen LogP contribution in [-0.2, 0) is 33.3 Å². The van der Waals surface area contributed by atoms with Gasteiger partial charge in [0.15, 0.2) is 18.1 Å². The molecule has 8 nitrogen and oxygen atoms in total. The quantitative estimate of drug-likeness (QED) is 0.382. The molecule has 0 radical (unpaired) electrons. The van der Waals surface area contributed by atoms with Gasteiger partial charge in [-0.2, -0.15) is 0 Å². The second-order valence-electron chi connectivity index (χ2n) is 4.77. The van der Waals surface area contributed by atoms with Crippen LogP contribution in [0.5, 0.6) is 0 Å². The highest BCUT2D eigenvalue weighted by molar-refractivity contribution is 9.09. The van der Waals surface area contributed by atoms with Gasteiger partial charge in [-0.25, -0.2) is 0 Å². The molecule has 0 aromatic carbocycles.